The van der Waals surface area contributed by atoms with Gasteiger partial charge in [0.2, 0.25) is 0 Å². The maximum absolute atomic E-state index is 10.8. The van der Waals surface area contributed by atoms with E-state index in [4.69, 9.17) is 0 Å². The third-order valence-corrected chi connectivity index (χ3v) is 1.33. The van der Waals surface area contributed by atoms with Gasteiger partial charge in [-0.3, -0.25) is 9.98 Å². The van der Waals surface area contributed by atoms with E-state index in [1.807, 2.05) is 0 Å². The zero-order valence-electron chi connectivity index (χ0n) is 6.98. The van der Waals surface area contributed by atoms with E-state index in [0.29, 0.717) is 5.82 Å². The van der Waals surface area contributed by atoms with E-state index < -0.39 is 0 Å². The second-order valence-electron chi connectivity index (χ2n) is 2.24. The molecular weight excluding hydrogens is 156 g/mol. The SMILES string of the molecule is CN=CN(C)c1ccnc(=O)[nH]1. The fraction of sp³-hybridized carbons (Fsp3) is 0.286. The van der Waals surface area contributed by atoms with Crippen LogP contribution in [0.15, 0.2) is 22.1 Å². The van der Waals surface area contributed by atoms with Crippen molar-refractivity contribution in [3.05, 3.63) is 22.7 Å². The summed E-state index contributed by atoms with van der Waals surface area (Å²) >= 11 is 0. The normalized spacial score (nSPS) is 10.5. The predicted octanol–water partition coefficient (Wildman–Crippen LogP) is -0.136. The van der Waals surface area contributed by atoms with Crippen LogP contribution in [-0.4, -0.2) is 30.4 Å². The lowest BCUT2D eigenvalue weighted by Gasteiger charge is -2.10. The summed E-state index contributed by atoms with van der Waals surface area (Å²) in [7, 11) is 3.45. The van der Waals surface area contributed by atoms with E-state index in [9.17, 15) is 4.79 Å². The minimum atomic E-state index is -0.358. The maximum Gasteiger partial charge on any atom is 0.346 e. The fourth-order valence-electron chi connectivity index (χ4n) is 0.800. The van der Waals surface area contributed by atoms with Crippen LogP contribution in [0.4, 0.5) is 5.82 Å². The molecule has 0 aromatic carbocycles. The van der Waals surface area contributed by atoms with Crippen molar-refractivity contribution in [2.75, 3.05) is 19.0 Å². The Bertz CT molecular complexity index is 330. The van der Waals surface area contributed by atoms with Crippen molar-refractivity contribution in [3.63, 3.8) is 0 Å². The molecule has 1 aromatic rings. The van der Waals surface area contributed by atoms with Crippen molar-refractivity contribution in [1.29, 1.82) is 0 Å². The van der Waals surface area contributed by atoms with Gasteiger partial charge < -0.3 is 4.90 Å². The van der Waals surface area contributed by atoms with Crippen LogP contribution in [-0.2, 0) is 0 Å². The number of anilines is 1. The number of aromatic nitrogens is 2. The molecule has 0 atom stereocenters. The van der Waals surface area contributed by atoms with Crippen molar-refractivity contribution in [2.45, 2.75) is 0 Å². The first kappa shape index (κ1) is 8.45. The molecule has 1 aromatic heterocycles. The van der Waals surface area contributed by atoms with Crippen molar-refractivity contribution < 1.29 is 0 Å². The van der Waals surface area contributed by atoms with Gasteiger partial charge in [0, 0.05) is 20.3 Å². The Morgan fingerprint density at radius 1 is 1.75 bits per heavy atom. The highest BCUT2D eigenvalue weighted by atomic mass is 16.1. The Morgan fingerprint density at radius 3 is 3.08 bits per heavy atom. The number of rotatable bonds is 2. The van der Waals surface area contributed by atoms with Crippen molar-refractivity contribution in [1.82, 2.24) is 9.97 Å². The fourth-order valence-corrected chi connectivity index (χ4v) is 0.800. The highest BCUT2D eigenvalue weighted by Gasteiger charge is 1.96. The van der Waals surface area contributed by atoms with Crippen LogP contribution in [0.3, 0.4) is 0 Å². The van der Waals surface area contributed by atoms with Gasteiger partial charge in [-0.05, 0) is 6.07 Å². The second kappa shape index (κ2) is 3.66. The number of H-pyrrole nitrogens is 1. The third-order valence-electron chi connectivity index (χ3n) is 1.33. The highest BCUT2D eigenvalue weighted by Crippen LogP contribution is 1.99. The van der Waals surface area contributed by atoms with Gasteiger partial charge in [0.1, 0.15) is 5.82 Å². The monoisotopic (exact) mass is 166 g/mol. The smallest absolute Gasteiger partial charge is 0.322 e. The van der Waals surface area contributed by atoms with Gasteiger partial charge in [-0.25, -0.2) is 9.78 Å². The van der Waals surface area contributed by atoms with E-state index in [1.54, 1.807) is 31.4 Å². The summed E-state index contributed by atoms with van der Waals surface area (Å²) in [6.07, 6.45) is 3.06. The van der Waals surface area contributed by atoms with Gasteiger partial charge in [-0.1, -0.05) is 0 Å². The Balaban J connectivity index is 2.95. The van der Waals surface area contributed by atoms with Crippen molar-refractivity contribution in [3.8, 4) is 0 Å². The van der Waals surface area contributed by atoms with Crippen LogP contribution >= 0.6 is 0 Å². The van der Waals surface area contributed by atoms with Crippen molar-refractivity contribution >= 4 is 12.2 Å². The number of nitrogens with one attached hydrogen (secondary N) is 1. The van der Waals surface area contributed by atoms with E-state index in [1.165, 1.54) is 6.20 Å². The van der Waals surface area contributed by atoms with E-state index in [0.717, 1.165) is 0 Å². The molecule has 0 unspecified atom stereocenters. The number of aromatic amines is 1. The van der Waals surface area contributed by atoms with Crippen LogP contribution in [0, 0.1) is 0 Å². The Morgan fingerprint density at radius 2 is 2.50 bits per heavy atom. The first-order valence-electron chi connectivity index (χ1n) is 3.44. The summed E-state index contributed by atoms with van der Waals surface area (Å²) in [5.41, 5.74) is -0.358. The number of hydrogen-bond acceptors (Lipinski definition) is 3. The molecule has 12 heavy (non-hydrogen) atoms. The lowest BCUT2D eigenvalue weighted by molar-refractivity contribution is 1.04. The largest absolute Gasteiger partial charge is 0.346 e. The zero-order chi connectivity index (χ0) is 8.97. The molecule has 0 saturated carbocycles. The minimum absolute atomic E-state index is 0.358. The molecule has 0 radical (unpaired) electrons. The van der Waals surface area contributed by atoms with Crippen LogP contribution in [0.25, 0.3) is 0 Å². The van der Waals surface area contributed by atoms with Crippen LogP contribution in [0.2, 0.25) is 0 Å². The van der Waals surface area contributed by atoms with E-state index in [2.05, 4.69) is 15.0 Å². The van der Waals surface area contributed by atoms with Gasteiger partial charge in [0.15, 0.2) is 0 Å². The molecule has 5 nitrogen and oxygen atoms in total. The average Bonchev–Trinajstić information content (AvgIpc) is 2.05. The second-order valence-corrected chi connectivity index (χ2v) is 2.24. The highest BCUT2D eigenvalue weighted by molar-refractivity contribution is 5.75. The first-order chi connectivity index (χ1) is 5.74. The first-order valence-corrected chi connectivity index (χ1v) is 3.44. The molecule has 0 saturated heterocycles. The summed E-state index contributed by atoms with van der Waals surface area (Å²) in [5, 5.41) is 0. The lowest BCUT2D eigenvalue weighted by atomic mass is 10.5. The molecule has 1 heterocycles. The Kier molecular flexibility index (Phi) is 2.57. The van der Waals surface area contributed by atoms with Crippen molar-refractivity contribution in [2.24, 2.45) is 4.99 Å². The molecule has 0 aliphatic heterocycles. The standard InChI is InChI=1S/C7H10N4O/c1-8-5-11(2)6-3-4-9-7(12)10-6/h3-5H,1-2H3,(H,9,10,12). The minimum Gasteiger partial charge on any atom is -0.322 e. The molecule has 0 bridgehead atoms. The molecule has 0 aliphatic rings. The summed E-state index contributed by atoms with van der Waals surface area (Å²) in [6.45, 7) is 0. The summed E-state index contributed by atoms with van der Waals surface area (Å²) in [6, 6.07) is 1.70. The molecule has 1 N–H and O–H groups in total. The van der Waals surface area contributed by atoms with Crippen LogP contribution < -0.4 is 10.6 Å². The molecular formula is C7H10N4O. The van der Waals surface area contributed by atoms with E-state index >= 15 is 0 Å². The molecule has 64 valence electrons. The van der Waals surface area contributed by atoms with Gasteiger partial charge in [0.25, 0.3) is 0 Å². The third kappa shape index (κ3) is 1.91. The van der Waals surface area contributed by atoms with Gasteiger partial charge in [-0.2, -0.15) is 0 Å². The molecule has 5 heteroatoms. The van der Waals surface area contributed by atoms with E-state index in [-0.39, 0.29) is 5.69 Å². The number of hydrogen-bond donors (Lipinski definition) is 1. The van der Waals surface area contributed by atoms with Crippen LogP contribution in [0.1, 0.15) is 0 Å². The average molecular weight is 166 g/mol. The Hall–Kier alpha value is -1.65. The van der Waals surface area contributed by atoms with Gasteiger partial charge in [-0.15, -0.1) is 0 Å². The Labute approximate surface area is 69.8 Å². The topological polar surface area (TPSA) is 61.4 Å². The quantitative estimate of drug-likeness (QED) is 0.491. The molecule has 1 rings (SSSR count). The number of nitrogens with zero attached hydrogens (tertiary/aromatic N) is 3. The van der Waals surface area contributed by atoms with Gasteiger partial charge >= 0.3 is 5.69 Å². The summed E-state index contributed by atoms with van der Waals surface area (Å²) in [5.74, 6) is 0.667. The molecule has 0 amide bonds. The van der Waals surface area contributed by atoms with Crippen LogP contribution in [0.5, 0.6) is 0 Å². The molecule has 0 aliphatic carbocycles. The zero-order valence-corrected chi connectivity index (χ0v) is 6.98. The lowest BCUT2D eigenvalue weighted by Crippen LogP contribution is -2.20. The summed E-state index contributed by atoms with van der Waals surface area (Å²) in [4.78, 5) is 22.3. The maximum atomic E-state index is 10.8. The number of aliphatic imine (C=N–C) groups is 1. The molecule has 0 spiro atoms. The summed E-state index contributed by atoms with van der Waals surface area (Å²) < 4.78 is 0. The van der Waals surface area contributed by atoms with Gasteiger partial charge in [0.05, 0.1) is 6.34 Å². The predicted molar refractivity (Wildman–Crippen MR) is 47.7 cm³/mol. The molecule has 0 fully saturated rings.